The molecular weight excluding hydrogens is 262 g/mol. The van der Waals surface area contributed by atoms with Crippen molar-refractivity contribution in [1.29, 1.82) is 0 Å². The zero-order valence-corrected chi connectivity index (χ0v) is 12.2. The number of nitrogens with zero attached hydrogens (tertiary/aromatic N) is 1. The van der Waals surface area contributed by atoms with Gasteiger partial charge in [-0.3, -0.25) is 4.79 Å². The third kappa shape index (κ3) is 3.28. The Hall–Kier alpha value is -1.06. The molecule has 19 heavy (non-hydrogen) atoms. The van der Waals surface area contributed by atoms with Crippen molar-refractivity contribution in [2.24, 2.45) is 0 Å². The first-order valence-electron chi connectivity index (χ1n) is 6.73. The van der Waals surface area contributed by atoms with Gasteiger partial charge in [0.05, 0.1) is 18.8 Å². The van der Waals surface area contributed by atoms with Crippen molar-refractivity contribution < 1.29 is 9.53 Å². The molecule has 0 spiro atoms. The Morgan fingerprint density at radius 1 is 1.42 bits per heavy atom. The van der Waals surface area contributed by atoms with Gasteiger partial charge in [0, 0.05) is 18.0 Å². The molecule has 1 aliphatic heterocycles. The average Bonchev–Trinajstić information content (AvgIpc) is 2.46. The predicted octanol–water partition coefficient (Wildman–Crippen LogP) is 3.06. The number of ether oxygens (including phenoxy) is 1. The first-order chi connectivity index (χ1) is 9.15. The fourth-order valence-corrected chi connectivity index (χ4v) is 2.51. The number of alkyl halides is 1. The minimum Gasteiger partial charge on any atom is -0.375 e. The van der Waals surface area contributed by atoms with Gasteiger partial charge in [-0.15, -0.1) is 11.6 Å². The highest BCUT2D eigenvalue weighted by atomic mass is 35.5. The van der Waals surface area contributed by atoms with E-state index in [9.17, 15) is 4.79 Å². The maximum absolute atomic E-state index is 12.6. The van der Waals surface area contributed by atoms with Crippen LogP contribution in [0, 0.1) is 0 Å². The summed E-state index contributed by atoms with van der Waals surface area (Å²) in [6.45, 7) is 5.38. The molecule has 0 saturated carbocycles. The Morgan fingerprint density at radius 3 is 2.68 bits per heavy atom. The molecule has 2 unspecified atom stereocenters. The Labute approximate surface area is 119 Å². The highest BCUT2D eigenvalue weighted by molar-refractivity contribution is 6.17. The molecule has 0 radical (unpaired) electrons. The second kappa shape index (κ2) is 6.40. The van der Waals surface area contributed by atoms with Crippen LogP contribution in [0.25, 0.3) is 0 Å². The maximum Gasteiger partial charge on any atom is 0.254 e. The topological polar surface area (TPSA) is 29.5 Å². The summed E-state index contributed by atoms with van der Waals surface area (Å²) in [5, 5.41) is 0. The molecule has 0 bridgehead atoms. The molecule has 1 amide bonds. The highest BCUT2D eigenvalue weighted by Crippen LogP contribution is 2.18. The summed E-state index contributed by atoms with van der Waals surface area (Å²) in [5.74, 6) is 0.559. The van der Waals surface area contributed by atoms with Crippen LogP contribution in [0.1, 0.15) is 36.2 Å². The van der Waals surface area contributed by atoms with Crippen molar-refractivity contribution in [3.05, 3.63) is 35.4 Å². The first kappa shape index (κ1) is 14.4. The van der Waals surface area contributed by atoms with E-state index in [1.54, 1.807) is 0 Å². The van der Waals surface area contributed by atoms with E-state index >= 15 is 0 Å². The fraction of sp³-hybridized carbons (Fsp3) is 0.533. The molecule has 3 nitrogen and oxygen atoms in total. The normalized spacial score (nSPS) is 23.4. The lowest BCUT2D eigenvalue weighted by Crippen LogP contribution is -2.51. The van der Waals surface area contributed by atoms with E-state index in [2.05, 4.69) is 6.92 Å². The summed E-state index contributed by atoms with van der Waals surface area (Å²) >= 11 is 5.76. The van der Waals surface area contributed by atoms with Crippen LogP contribution >= 0.6 is 11.6 Å². The zero-order valence-electron chi connectivity index (χ0n) is 11.4. The molecule has 0 N–H and O–H groups in total. The number of morpholine rings is 1. The number of carbonyl (C=O) groups is 1. The lowest BCUT2D eigenvalue weighted by atomic mass is 10.1. The van der Waals surface area contributed by atoms with Crippen molar-refractivity contribution in [1.82, 2.24) is 4.90 Å². The van der Waals surface area contributed by atoms with Crippen molar-refractivity contribution in [2.45, 2.75) is 38.3 Å². The van der Waals surface area contributed by atoms with Crippen LogP contribution in [0.15, 0.2) is 24.3 Å². The molecule has 1 aromatic rings. The lowest BCUT2D eigenvalue weighted by molar-refractivity contribution is -0.0444. The smallest absolute Gasteiger partial charge is 0.254 e. The van der Waals surface area contributed by atoms with E-state index in [0.717, 1.165) is 17.5 Å². The standard InChI is InChI=1S/C15H20ClNO2/c1-3-14-10-19-11(2)9-17(14)15(18)13-6-4-12(8-16)5-7-13/h4-7,11,14H,3,8-10H2,1-2H3. The van der Waals surface area contributed by atoms with Crippen LogP contribution in [0.3, 0.4) is 0 Å². The van der Waals surface area contributed by atoms with Gasteiger partial charge >= 0.3 is 0 Å². The molecule has 2 rings (SSSR count). The van der Waals surface area contributed by atoms with Gasteiger partial charge in [-0.25, -0.2) is 0 Å². The Bertz CT molecular complexity index is 432. The van der Waals surface area contributed by atoms with E-state index in [1.807, 2.05) is 36.1 Å². The van der Waals surface area contributed by atoms with Crippen molar-refractivity contribution in [2.75, 3.05) is 13.2 Å². The van der Waals surface area contributed by atoms with Gasteiger partial charge in [-0.05, 0) is 31.0 Å². The number of benzene rings is 1. The predicted molar refractivity (Wildman–Crippen MR) is 76.5 cm³/mol. The van der Waals surface area contributed by atoms with E-state index in [0.29, 0.717) is 19.0 Å². The summed E-state index contributed by atoms with van der Waals surface area (Å²) in [7, 11) is 0. The molecule has 4 heteroatoms. The fourth-order valence-electron chi connectivity index (χ4n) is 2.33. The summed E-state index contributed by atoms with van der Waals surface area (Å²) in [5.41, 5.74) is 1.75. The third-order valence-electron chi connectivity index (χ3n) is 3.56. The molecule has 2 atom stereocenters. The minimum absolute atomic E-state index is 0.0862. The summed E-state index contributed by atoms with van der Waals surface area (Å²) in [6, 6.07) is 7.70. The Kier molecular flexibility index (Phi) is 4.83. The Morgan fingerprint density at radius 2 is 2.11 bits per heavy atom. The van der Waals surface area contributed by atoms with E-state index < -0.39 is 0 Å². The third-order valence-corrected chi connectivity index (χ3v) is 3.86. The SMILES string of the molecule is CCC1COC(C)CN1C(=O)c1ccc(CCl)cc1. The molecule has 1 aliphatic rings. The van der Waals surface area contributed by atoms with E-state index in [-0.39, 0.29) is 18.1 Å². The van der Waals surface area contributed by atoms with E-state index in [4.69, 9.17) is 16.3 Å². The number of carbonyl (C=O) groups excluding carboxylic acids is 1. The van der Waals surface area contributed by atoms with Gasteiger partial charge in [-0.1, -0.05) is 19.1 Å². The minimum atomic E-state index is 0.0862. The van der Waals surface area contributed by atoms with Crippen molar-refractivity contribution >= 4 is 17.5 Å². The van der Waals surface area contributed by atoms with Gasteiger partial charge in [0.2, 0.25) is 0 Å². The molecule has 1 heterocycles. The number of hydrogen-bond acceptors (Lipinski definition) is 2. The van der Waals surface area contributed by atoms with Crippen LogP contribution in [0.5, 0.6) is 0 Å². The lowest BCUT2D eigenvalue weighted by Gasteiger charge is -2.38. The number of rotatable bonds is 3. The summed E-state index contributed by atoms with van der Waals surface area (Å²) in [4.78, 5) is 14.5. The van der Waals surface area contributed by atoms with Crippen LogP contribution in [0.4, 0.5) is 0 Å². The largest absolute Gasteiger partial charge is 0.375 e. The molecule has 1 fully saturated rings. The van der Waals surface area contributed by atoms with Gasteiger partial charge in [0.1, 0.15) is 0 Å². The second-order valence-corrected chi connectivity index (χ2v) is 5.26. The quantitative estimate of drug-likeness (QED) is 0.797. The molecule has 1 saturated heterocycles. The highest BCUT2D eigenvalue weighted by Gasteiger charge is 2.29. The van der Waals surface area contributed by atoms with Crippen LogP contribution in [-0.2, 0) is 10.6 Å². The second-order valence-electron chi connectivity index (χ2n) is 4.99. The molecule has 0 aromatic heterocycles. The number of amides is 1. The molecular formula is C15H20ClNO2. The van der Waals surface area contributed by atoms with Crippen LogP contribution < -0.4 is 0 Å². The summed E-state index contributed by atoms with van der Waals surface area (Å²) in [6.07, 6.45) is 1.02. The molecule has 1 aromatic carbocycles. The average molecular weight is 282 g/mol. The van der Waals surface area contributed by atoms with Crippen molar-refractivity contribution in [3.8, 4) is 0 Å². The van der Waals surface area contributed by atoms with Gasteiger partial charge in [0.15, 0.2) is 0 Å². The Balaban J connectivity index is 2.15. The van der Waals surface area contributed by atoms with Crippen LogP contribution in [0.2, 0.25) is 0 Å². The number of halogens is 1. The first-order valence-corrected chi connectivity index (χ1v) is 7.26. The zero-order chi connectivity index (χ0) is 13.8. The monoisotopic (exact) mass is 281 g/mol. The van der Waals surface area contributed by atoms with Gasteiger partial charge in [0.25, 0.3) is 5.91 Å². The number of hydrogen-bond donors (Lipinski definition) is 0. The van der Waals surface area contributed by atoms with Crippen LogP contribution in [-0.4, -0.2) is 36.1 Å². The molecule has 0 aliphatic carbocycles. The maximum atomic E-state index is 12.6. The van der Waals surface area contributed by atoms with Gasteiger partial charge in [-0.2, -0.15) is 0 Å². The van der Waals surface area contributed by atoms with Gasteiger partial charge < -0.3 is 9.64 Å². The molecule has 104 valence electrons. The summed E-state index contributed by atoms with van der Waals surface area (Å²) < 4.78 is 5.62. The van der Waals surface area contributed by atoms with Crippen molar-refractivity contribution in [3.63, 3.8) is 0 Å². The van der Waals surface area contributed by atoms with E-state index in [1.165, 1.54) is 0 Å².